The molecule has 0 spiro atoms. The number of aromatic nitrogens is 2. The van der Waals surface area contributed by atoms with Crippen molar-refractivity contribution in [1.82, 2.24) is 20.4 Å². The van der Waals surface area contributed by atoms with E-state index in [0.717, 1.165) is 11.6 Å². The normalized spacial score (nSPS) is 19.8. The molecule has 2 heterocycles. The van der Waals surface area contributed by atoms with Crippen molar-refractivity contribution in [2.24, 2.45) is 13.0 Å². The summed E-state index contributed by atoms with van der Waals surface area (Å²) in [6.07, 6.45) is 3.67. The van der Waals surface area contributed by atoms with Crippen LogP contribution in [0, 0.1) is 17.6 Å². The number of nitrogens with zero attached hydrogens (tertiary/aromatic N) is 2. The van der Waals surface area contributed by atoms with E-state index in [1.54, 1.807) is 10.9 Å². The third-order valence-electron chi connectivity index (χ3n) is 4.09. The molecule has 1 saturated heterocycles. The van der Waals surface area contributed by atoms with Gasteiger partial charge in [-0.15, -0.1) is 12.4 Å². The van der Waals surface area contributed by atoms with E-state index in [2.05, 4.69) is 15.7 Å². The number of hydrogen-bond acceptors (Lipinski definition) is 3. The van der Waals surface area contributed by atoms with Crippen molar-refractivity contribution in [2.45, 2.75) is 12.5 Å². The highest BCUT2D eigenvalue weighted by Crippen LogP contribution is 2.27. The van der Waals surface area contributed by atoms with Crippen LogP contribution in [0.5, 0.6) is 0 Å². The molecule has 1 amide bonds. The Kier molecular flexibility index (Phi) is 5.90. The van der Waals surface area contributed by atoms with Crippen molar-refractivity contribution in [3.63, 3.8) is 0 Å². The summed E-state index contributed by atoms with van der Waals surface area (Å²) < 4.78 is 28.0. The Hall–Kier alpha value is -1.99. The number of aryl methyl sites for hydroxylation is 1. The molecule has 0 bridgehead atoms. The number of nitrogens with one attached hydrogen (secondary N) is 2. The van der Waals surface area contributed by atoms with Gasteiger partial charge < -0.3 is 10.6 Å². The summed E-state index contributed by atoms with van der Waals surface area (Å²) in [4.78, 5) is 12.4. The lowest BCUT2D eigenvalue weighted by atomic mass is 9.90. The lowest BCUT2D eigenvalue weighted by molar-refractivity contribution is -0.125. The van der Waals surface area contributed by atoms with Crippen molar-refractivity contribution in [3.8, 4) is 0 Å². The fourth-order valence-electron chi connectivity index (χ4n) is 2.97. The van der Waals surface area contributed by atoms with Gasteiger partial charge in [0.25, 0.3) is 0 Å². The number of hydrogen-bond donors (Lipinski definition) is 2. The molecule has 1 aromatic heterocycles. The van der Waals surface area contributed by atoms with E-state index in [9.17, 15) is 13.6 Å². The molecule has 2 N–H and O–H groups in total. The zero-order valence-corrected chi connectivity index (χ0v) is 13.9. The molecule has 24 heavy (non-hydrogen) atoms. The third-order valence-corrected chi connectivity index (χ3v) is 4.09. The highest BCUT2D eigenvalue weighted by atomic mass is 35.5. The molecule has 2 aromatic rings. The van der Waals surface area contributed by atoms with Crippen molar-refractivity contribution in [2.75, 3.05) is 13.1 Å². The van der Waals surface area contributed by atoms with E-state index in [4.69, 9.17) is 0 Å². The molecule has 130 valence electrons. The second-order valence-corrected chi connectivity index (χ2v) is 5.81. The van der Waals surface area contributed by atoms with Crippen molar-refractivity contribution in [1.29, 1.82) is 0 Å². The van der Waals surface area contributed by atoms with Crippen molar-refractivity contribution in [3.05, 3.63) is 53.4 Å². The molecule has 3 rings (SSSR count). The van der Waals surface area contributed by atoms with Gasteiger partial charge in [0.15, 0.2) is 0 Å². The van der Waals surface area contributed by atoms with Gasteiger partial charge in [0.05, 0.1) is 12.1 Å². The van der Waals surface area contributed by atoms with Crippen LogP contribution in [-0.2, 0) is 18.4 Å². The Morgan fingerprint density at radius 3 is 2.67 bits per heavy atom. The molecule has 5 nitrogen and oxygen atoms in total. The molecule has 0 unspecified atom stereocenters. The second-order valence-electron chi connectivity index (χ2n) is 5.81. The predicted molar refractivity (Wildman–Crippen MR) is 87.8 cm³/mol. The van der Waals surface area contributed by atoms with Crippen molar-refractivity contribution < 1.29 is 13.6 Å². The Morgan fingerprint density at radius 1 is 1.33 bits per heavy atom. The number of carbonyl (C=O) groups excluding carboxylic acids is 1. The van der Waals surface area contributed by atoms with E-state index in [-0.39, 0.29) is 36.7 Å². The highest BCUT2D eigenvalue weighted by Gasteiger charge is 2.34. The third kappa shape index (κ3) is 4.10. The lowest BCUT2D eigenvalue weighted by Crippen LogP contribution is -2.34. The number of carbonyl (C=O) groups is 1. The summed E-state index contributed by atoms with van der Waals surface area (Å²) in [5, 5.41) is 10.1. The number of amides is 1. The Morgan fingerprint density at radius 2 is 2.04 bits per heavy atom. The zero-order valence-electron chi connectivity index (χ0n) is 13.1. The van der Waals surface area contributed by atoms with E-state index in [1.807, 2.05) is 13.2 Å². The summed E-state index contributed by atoms with van der Waals surface area (Å²) in [6.45, 7) is 1.38. The van der Waals surface area contributed by atoms with Crippen molar-refractivity contribution >= 4 is 18.3 Å². The predicted octanol–water partition coefficient (Wildman–Crippen LogP) is 1.74. The maximum absolute atomic E-state index is 13.2. The molecule has 2 atom stereocenters. The van der Waals surface area contributed by atoms with Gasteiger partial charge in [0.2, 0.25) is 5.91 Å². The Balaban J connectivity index is 0.00000208. The van der Waals surface area contributed by atoms with Crippen LogP contribution in [0.1, 0.15) is 17.0 Å². The minimum atomic E-state index is -0.648. The van der Waals surface area contributed by atoms with E-state index in [0.29, 0.717) is 18.7 Å². The minimum absolute atomic E-state index is 0. The maximum Gasteiger partial charge on any atom is 0.225 e. The summed E-state index contributed by atoms with van der Waals surface area (Å²) >= 11 is 0. The molecule has 8 heteroatoms. The quantitative estimate of drug-likeness (QED) is 0.877. The summed E-state index contributed by atoms with van der Waals surface area (Å²) in [6, 6.07) is 3.24. The maximum atomic E-state index is 13.2. The van der Waals surface area contributed by atoms with Gasteiger partial charge in [0, 0.05) is 44.9 Å². The fourth-order valence-corrected chi connectivity index (χ4v) is 2.97. The van der Waals surface area contributed by atoms with Gasteiger partial charge in [0.1, 0.15) is 11.6 Å². The van der Waals surface area contributed by atoms with E-state index < -0.39 is 11.6 Å². The molecule has 0 saturated carbocycles. The monoisotopic (exact) mass is 356 g/mol. The number of rotatable bonds is 4. The number of benzene rings is 1. The molecule has 1 aliphatic heterocycles. The lowest BCUT2D eigenvalue weighted by Gasteiger charge is -2.17. The van der Waals surface area contributed by atoms with E-state index >= 15 is 0 Å². The smallest absolute Gasteiger partial charge is 0.225 e. The Bertz CT molecular complexity index is 702. The van der Waals surface area contributed by atoms with Crippen LogP contribution in [0.15, 0.2) is 30.6 Å². The molecule has 1 aliphatic rings. The zero-order chi connectivity index (χ0) is 16.4. The fraction of sp³-hybridized carbons (Fsp3) is 0.375. The first kappa shape index (κ1) is 18.4. The topological polar surface area (TPSA) is 59.0 Å². The standard InChI is InChI=1S/C16H18F2N4O.ClH/c1-22-9-11(6-21-22)14-7-19-8-15(14)16(23)20-5-10-2-12(17)4-13(18)3-10;/h2-4,6,9,14-15,19H,5,7-8H2,1H3,(H,20,23);1H/t14-,15+;/m1./s1. The van der Waals surface area contributed by atoms with Crippen LogP contribution in [0.2, 0.25) is 0 Å². The van der Waals surface area contributed by atoms with Gasteiger partial charge in [-0.3, -0.25) is 9.48 Å². The van der Waals surface area contributed by atoms with Crippen LogP contribution in [0.4, 0.5) is 8.78 Å². The summed E-state index contributed by atoms with van der Waals surface area (Å²) in [5.74, 6) is -1.60. The largest absolute Gasteiger partial charge is 0.352 e. The molecule has 1 fully saturated rings. The average Bonchev–Trinajstić information content (AvgIpc) is 3.12. The first-order valence-corrected chi connectivity index (χ1v) is 7.45. The molecule has 1 aromatic carbocycles. The van der Waals surface area contributed by atoms with Crippen LogP contribution < -0.4 is 10.6 Å². The molecule has 0 radical (unpaired) electrons. The number of halogens is 3. The minimum Gasteiger partial charge on any atom is -0.352 e. The van der Waals surface area contributed by atoms with Gasteiger partial charge in [-0.05, 0) is 23.3 Å². The van der Waals surface area contributed by atoms with Crippen LogP contribution >= 0.6 is 12.4 Å². The van der Waals surface area contributed by atoms with Gasteiger partial charge in [-0.2, -0.15) is 5.10 Å². The molecular formula is C16H19ClF2N4O. The highest BCUT2D eigenvalue weighted by molar-refractivity contribution is 5.85. The molecular weight excluding hydrogens is 338 g/mol. The first-order valence-electron chi connectivity index (χ1n) is 7.45. The van der Waals surface area contributed by atoms with Crippen LogP contribution in [-0.4, -0.2) is 28.8 Å². The van der Waals surface area contributed by atoms with Gasteiger partial charge in [-0.1, -0.05) is 0 Å². The Labute approximate surface area is 144 Å². The van der Waals surface area contributed by atoms with E-state index in [1.165, 1.54) is 12.1 Å². The average molecular weight is 357 g/mol. The van der Waals surface area contributed by atoms with Gasteiger partial charge >= 0.3 is 0 Å². The summed E-state index contributed by atoms with van der Waals surface area (Å²) in [5.41, 5.74) is 1.41. The second kappa shape index (κ2) is 7.72. The molecule has 0 aliphatic carbocycles. The SMILES string of the molecule is Cl.Cn1cc([C@H]2CNC[C@@H]2C(=O)NCc2cc(F)cc(F)c2)cn1. The van der Waals surface area contributed by atoms with Crippen LogP contribution in [0.3, 0.4) is 0 Å². The van der Waals surface area contributed by atoms with Gasteiger partial charge in [-0.25, -0.2) is 8.78 Å². The first-order chi connectivity index (χ1) is 11.0. The van der Waals surface area contributed by atoms with Crippen LogP contribution in [0.25, 0.3) is 0 Å². The summed E-state index contributed by atoms with van der Waals surface area (Å²) in [7, 11) is 1.83.